The summed E-state index contributed by atoms with van der Waals surface area (Å²) in [7, 11) is 0. The molecule has 0 amide bonds. The lowest BCUT2D eigenvalue weighted by Crippen LogP contribution is -1.93. The SMILES string of the molecule is CC.CC/C=C(\CC)C(C)=O. The van der Waals surface area contributed by atoms with Gasteiger partial charge in [0.05, 0.1) is 0 Å². The van der Waals surface area contributed by atoms with E-state index in [0.717, 1.165) is 18.4 Å². The van der Waals surface area contributed by atoms with E-state index < -0.39 is 0 Å². The van der Waals surface area contributed by atoms with Gasteiger partial charge in [-0.05, 0) is 25.3 Å². The number of rotatable bonds is 3. The summed E-state index contributed by atoms with van der Waals surface area (Å²) in [6.07, 6.45) is 3.81. The third-order valence-electron chi connectivity index (χ3n) is 1.28. The smallest absolute Gasteiger partial charge is 0.155 e. The summed E-state index contributed by atoms with van der Waals surface area (Å²) in [6.45, 7) is 9.66. The van der Waals surface area contributed by atoms with E-state index in [1.807, 2.05) is 33.8 Å². The van der Waals surface area contributed by atoms with Crippen molar-refractivity contribution in [2.75, 3.05) is 0 Å². The average Bonchev–Trinajstić information content (AvgIpc) is 2.03. The van der Waals surface area contributed by atoms with Crippen molar-refractivity contribution in [2.24, 2.45) is 0 Å². The maximum Gasteiger partial charge on any atom is 0.155 e. The molecule has 0 N–H and O–H groups in total. The predicted molar refractivity (Wildman–Crippen MR) is 50.7 cm³/mol. The molecule has 0 spiro atoms. The highest BCUT2D eigenvalue weighted by molar-refractivity contribution is 5.93. The Bertz CT molecular complexity index is 123. The molecule has 0 heterocycles. The van der Waals surface area contributed by atoms with Gasteiger partial charge in [-0.25, -0.2) is 0 Å². The van der Waals surface area contributed by atoms with Crippen molar-refractivity contribution in [3.63, 3.8) is 0 Å². The topological polar surface area (TPSA) is 17.1 Å². The molecule has 0 aromatic carbocycles. The van der Waals surface area contributed by atoms with Crippen LogP contribution in [0.15, 0.2) is 11.6 Å². The van der Waals surface area contributed by atoms with E-state index in [4.69, 9.17) is 0 Å². The molecule has 0 atom stereocenters. The van der Waals surface area contributed by atoms with Crippen LogP contribution in [-0.4, -0.2) is 5.78 Å². The van der Waals surface area contributed by atoms with Crippen LogP contribution in [0.3, 0.4) is 0 Å². The van der Waals surface area contributed by atoms with Crippen molar-refractivity contribution in [2.45, 2.75) is 47.5 Å². The molecule has 66 valence electrons. The number of allylic oxidation sites excluding steroid dienone is 2. The molecule has 0 aliphatic carbocycles. The third-order valence-corrected chi connectivity index (χ3v) is 1.28. The Labute approximate surface area is 70.5 Å². The Balaban J connectivity index is 0. The van der Waals surface area contributed by atoms with Crippen molar-refractivity contribution in [1.82, 2.24) is 0 Å². The lowest BCUT2D eigenvalue weighted by Gasteiger charge is -1.95. The first kappa shape index (κ1) is 13.0. The molecule has 0 unspecified atom stereocenters. The van der Waals surface area contributed by atoms with Gasteiger partial charge in [0.2, 0.25) is 0 Å². The van der Waals surface area contributed by atoms with E-state index in [0.29, 0.717) is 0 Å². The monoisotopic (exact) mass is 156 g/mol. The zero-order valence-electron chi connectivity index (χ0n) is 8.40. The van der Waals surface area contributed by atoms with Crippen LogP contribution >= 0.6 is 0 Å². The van der Waals surface area contributed by atoms with Crippen molar-refractivity contribution in [3.8, 4) is 0 Å². The van der Waals surface area contributed by atoms with Crippen LogP contribution in [0, 0.1) is 0 Å². The quantitative estimate of drug-likeness (QED) is 0.573. The normalized spacial score (nSPS) is 10.1. The van der Waals surface area contributed by atoms with Crippen LogP contribution in [0.25, 0.3) is 0 Å². The van der Waals surface area contributed by atoms with Crippen LogP contribution in [0.1, 0.15) is 47.5 Å². The van der Waals surface area contributed by atoms with Gasteiger partial charge in [0.1, 0.15) is 0 Å². The second-order valence-electron chi connectivity index (χ2n) is 2.05. The van der Waals surface area contributed by atoms with Crippen LogP contribution in [0.2, 0.25) is 0 Å². The molecule has 0 aliphatic heterocycles. The largest absolute Gasteiger partial charge is 0.295 e. The number of Topliss-reactive ketones (excluding diaryl/α,β-unsaturated/α-hetero) is 1. The number of hydrogen-bond donors (Lipinski definition) is 0. The fourth-order valence-electron chi connectivity index (χ4n) is 0.783. The molecule has 0 saturated carbocycles. The summed E-state index contributed by atoms with van der Waals surface area (Å²) in [5.74, 6) is 0.208. The van der Waals surface area contributed by atoms with Crippen molar-refractivity contribution < 1.29 is 4.79 Å². The molecular formula is C10H20O. The summed E-state index contributed by atoms with van der Waals surface area (Å²) >= 11 is 0. The minimum atomic E-state index is 0.208. The van der Waals surface area contributed by atoms with E-state index >= 15 is 0 Å². The van der Waals surface area contributed by atoms with Gasteiger partial charge in [-0.2, -0.15) is 0 Å². The highest BCUT2D eigenvalue weighted by Crippen LogP contribution is 2.02. The second-order valence-corrected chi connectivity index (χ2v) is 2.05. The number of ketones is 1. The molecule has 0 aliphatic rings. The van der Waals surface area contributed by atoms with Gasteiger partial charge in [0, 0.05) is 0 Å². The Morgan fingerprint density at radius 1 is 1.27 bits per heavy atom. The van der Waals surface area contributed by atoms with E-state index in [2.05, 4.69) is 0 Å². The van der Waals surface area contributed by atoms with Crippen LogP contribution in [0.5, 0.6) is 0 Å². The maximum absolute atomic E-state index is 10.7. The van der Waals surface area contributed by atoms with E-state index in [9.17, 15) is 4.79 Å². The van der Waals surface area contributed by atoms with E-state index in [1.165, 1.54) is 0 Å². The number of hydrogen-bond acceptors (Lipinski definition) is 1. The zero-order chi connectivity index (χ0) is 9.28. The molecule has 11 heavy (non-hydrogen) atoms. The Morgan fingerprint density at radius 2 is 1.73 bits per heavy atom. The summed E-state index contributed by atoms with van der Waals surface area (Å²) in [6, 6.07) is 0. The minimum Gasteiger partial charge on any atom is -0.295 e. The minimum absolute atomic E-state index is 0.208. The second kappa shape index (κ2) is 9.41. The van der Waals surface area contributed by atoms with E-state index in [1.54, 1.807) is 6.92 Å². The van der Waals surface area contributed by atoms with Gasteiger partial charge >= 0.3 is 0 Å². The van der Waals surface area contributed by atoms with Gasteiger partial charge in [0.15, 0.2) is 5.78 Å². The molecule has 1 nitrogen and oxygen atoms in total. The van der Waals surface area contributed by atoms with Gasteiger partial charge in [-0.15, -0.1) is 0 Å². The van der Waals surface area contributed by atoms with Gasteiger partial charge in [-0.3, -0.25) is 4.79 Å². The predicted octanol–water partition coefficient (Wildman–Crippen LogP) is 3.35. The number of carbonyl (C=O) groups excluding carboxylic acids is 1. The van der Waals surface area contributed by atoms with Crippen LogP contribution < -0.4 is 0 Å². The molecular weight excluding hydrogens is 136 g/mol. The first-order chi connectivity index (χ1) is 5.22. The highest BCUT2D eigenvalue weighted by atomic mass is 16.1. The lowest BCUT2D eigenvalue weighted by atomic mass is 10.1. The summed E-state index contributed by atoms with van der Waals surface area (Å²) in [5, 5.41) is 0. The molecule has 1 heteroatoms. The first-order valence-electron chi connectivity index (χ1n) is 4.42. The summed E-state index contributed by atoms with van der Waals surface area (Å²) in [5.41, 5.74) is 0.956. The molecule has 0 radical (unpaired) electrons. The van der Waals surface area contributed by atoms with Crippen LogP contribution in [-0.2, 0) is 4.79 Å². The summed E-state index contributed by atoms with van der Waals surface area (Å²) in [4.78, 5) is 10.7. The van der Waals surface area contributed by atoms with Gasteiger partial charge < -0.3 is 0 Å². The molecule has 0 aromatic heterocycles. The fraction of sp³-hybridized carbons (Fsp3) is 0.700. The van der Waals surface area contributed by atoms with Crippen LogP contribution in [0.4, 0.5) is 0 Å². The van der Waals surface area contributed by atoms with E-state index in [-0.39, 0.29) is 5.78 Å². The molecule has 0 aromatic rings. The molecule has 0 fully saturated rings. The average molecular weight is 156 g/mol. The van der Waals surface area contributed by atoms with Crippen molar-refractivity contribution in [1.29, 1.82) is 0 Å². The fourth-order valence-corrected chi connectivity index (χ4v) is 0.783. The maximum atomic E-state index is 10.7. The Kier molecular flexibility index (Phi) is 11.1. The number of carbonyl (C=O) groups is 1. The van der Waals surface area contributed by atoms with Gasteiger partial charge in [0.25, 0.3) is 0 Å². The molecule has 0 rings (SSSR count). The Hall–Kier alpha value is -0.590. The van der Waals surface area contributed by atoms with Gasteiger partial charge in [-0.1, -0.05) is 33.8 Å². The highest BCUT2D eigenvalue weighted by Gasteiger charge is 1.96. The van der Waals surface area contributed by atoms with Crippen molar-refractivity contribution in [3.05, 3.63) is 11.6 Å². The molecule has 0 saturated heterocycles. The van der Waals surface area contributed by atoms with Crippen molar-refractivity contribution >= 4 is 5.78 Å². The first-order valence-corrected chi connectivity index (χ1v) is 4.42. The third kappa shape index (κ3) is 7.31. The zero-order valence-corrected chi connectivity index (χ0v) is 8.40. The summed E-state index contributed by atoms with van der Waals surface area (Å²) < 4.78 is 0. The molecule has 0 bridgehead atoms. The standard InChI is InChI=1S/C8H14O.C2H6/c1-4-6-8(5-2)7(3)9;1-2/h6H,4-5H2,1-3H3;1-2H3/b8-6+;. The Morgan fingerprint density at radius 3 is 1.82 bits per heavy atom. The lowest BCUT2D eigenvalue weighted by molar-refractivity contribution is -0.113.